The smallest absolute Gasteiger partial charge is 0.256 e. The molecule has 0 fully saturated rings. The fourth-order valence-electron chi connectivity index (χ4n) is 1.42. The summed E-state index contributed by atoms with van der Waals surface area (Å²) in [5.74, 6) is -0.106. The van der Waals surface area contributed by atoms with Crippen molar-refractivity contribution >= 4 is 23.2 Å². The molecule has 2 aromatic rings. The molecule has 18 heavy (non-hydrogen) atoms. The van der Waals surface area contributed by atoms with E-state index in [0.29, 0.717) is 16.3 Å². The lowest BCUT2D eigenvalue weighted by molar-refractivity contribution is 0.418. The summed E-state index contributed by atoms with van der Waals surface area (Å²) in [6, 6.07) is 6.66. The molecule has 1 aromatic heterocycles. The van der Waals surface area contributed by atoms with Crippen molar-refractivity contribution in [1.29, 1.82) is 0 Å². The Hall–Kier alpha value is -1.32. The minimum atomic E-state index is -0.549. The quantitative estimate of drug-likeness (QED) is 0.762. The number of ether oxygens (including phenoxy) is 1. The topological polar surface area (TPSA) is 22.1 Å². The van der Waals surface area contributed by atoms with Crippen molar-refractivity contribution in [2.75, 3.05) is 0 Å². The standard InChI is InChI=1S/C13H10Cl2FNO/c1-8-2-3-10(15)6-11(8)18-13-12(16)9(7-14)4-5-17-13/h2-6H,7H2,1H3. The van der Waals surface area contributed by atoms with Crippen LogP contribution < -0.4 is 4.74 Å². The maximum Gasteiger partial charge on any atom is 0.256 e. The summed E-state index contributed by atoms with van der Waals surface area (Å²) in [5.41, 5.74) is 1.19. The van der Waals surface area contributed by atoms with Gasteiger partial charge in [-0.15, -0.1) is 11.6 Å². The molecular formula is C13H10Cl2FNO. The van der Waals surface area contributed by atoms with Gasteiger partial charge in [0, 0.05) is 16.8 Å². The van der Waals surface area contributed by atoms with Crippen molar-refractivity contribution in [3.8, 4) is 11.6 Å². The van der Waals surface area contributed by atoms with Gasteiger partial charge in [-0.05, 0) is 30.7 Å². The zero-order chi connectivity index (χ0) is 13.1. The highest BCUT2D eigenvalue weighted by Gasteiger charge is 2.12. The molecule has 0 atom stereocenters. The van der Waals surface area contributed by atoms with Crippen molar-refractivity contribution < 1.29 is 9.13 Å². The Balaban J connectivity index is 2.37. The molecule has 2 rings (SSSR count). The summed E-state index contributed by atoms with van der Waals surface area (Å²) in [5, 5.41) is 0.518. The summed E-state index contributed by atoms with van der Waals surface area (Å²) in [4.78, 5) is 3.85. The average Bonchev–Trinajstić information content (AvgIpc) is 2.36. The molecule has 0 spiro atoms. The van der Waals surface area contributed by atoms with Crippen LogP contribution in [0.2, 0.25) is 5.02 Å². The molecule has 0 radical (unpaired) electrons. The number of alkyl halides is 1. The molecule has 0 unspecified atom stereocenters. The second-order valence-electron chi connectivity index (χ2n) is 3.73. The Morgan fingerprint density at radius 1 is 1.33 bits per heavy atom. The Kier molecular flexibility index (Phi) is 4.04. The number of rotatable bonds is 3. The molecular weight excluding hydrogens is 276 g/mol. The summed E-state index contributed by atoms with van der Waals surface area (Å²) in [6.45, 7) is 1.84. The number of hydrogen-bond donors (Lipinski definition) is 0. The van der Waals surface area contributed by atoms with Crippen LogP contribution in [0, 0.1) is 12.7 Å². The molecule has 0 aliphatic heterocycles. The average molecular weight is 286 g/mol. The van der Waals surface area contributed by atoms with Crippen molar-refractivity contribution in [3.63, 3.8) is 0 Å². The molecule has 0 amide bonds. The van der Waals surface area contributed by atoms with E-state index in [1.165, 1.54) is 12.3 Å². The van der Waals surface area contributed by atoms with Crippen LogP contribution in [0.25, 0.3) is 0 Å². The van der Waals surface area contributed by atoms with Crippen LogP contribution in [-0.4, -0.2) is 4.98 Å². The van der Waals surface area contributed by atoms with Gasteiger partial charge in [-0.2, -0.15) is 0 Å². The number of halogens is 3. The van der Waals surface area contributed by atoms with Gasteiger partial charge in [-0.25, -0.2) is 9.37 Å². The number of aromatic nitrogens is 1. The van der Waals surface area contributed by atoms with Gasteiger partial charge in [-0.3, -0.25) is 0 Å². The lowest BCUT2D eigenvalue weighted by Gasteiger charge is -2.10. The van der Waals surface area contributed by atoms with E-state index >= 15 is 0 Å². The van der Waals surface area contributed by atoms with Gasteiger partial charge in [0.05, 0.1) is 5.88 Å². The Morgan fingerprint density at radius 3 is 2.83 bits per heavy atom. The Morgan fingerprint density at radius 2 is 2.11 bits per heavy atom. The molecule has 1 aromatic carbocycles. The normalized spacial score (nSPS) is 10.4. The SMILES string of the molecule is Cc1ccc(Cl)cc1Oc1nccc(CCl)c1F. The van der Waals surface area contributed by atoms with Gasteiger partial charge in [0.25, 0.3) is 5.88 Å². The van der Waals surface area contributed by atoms with Crippen molar-refractivity contribution in [2.24, 2.45) is 0 Å². The first kappa shape index (κ1) is 13.1. The molecule has 1 heterocycles. The Labute approximate surface area is 114 Å². The van der Waals surface area contributed by atoms with Gasteiger partial charge < -0.3 is 4.74 Å². The van der Waals surface area contributed by atoms with E-state index in [4.69, 9.17) is 27.9 Å². The predicted molar refractivity (Wildman–Crippen MR) is 70.0 cm³/mol. The molecule has 0 aliphatic rings. The third-order valence-corrected chi connectivity index (χ3v) is 2.96. The number of benzene rings is 1. The molecule has 0 saturated heterocycles. The molecule has 0 saturated carbocycles. The van der Waals surface area contributed by atoms with Crippen LogP contribution in [-0.2, 0) is 5.88 Å². The number of hydrogen-bond acceptors (Lipinski definition) is 2. The third kappa shape index (κ3) is 2.74. The monoisotopic (exact) mass is 285 g/mol. The summed E-state index contributed by atoms with van der Waals surface area (Å²) < 4.78 is 19.3. The fraction of sp³-hybridized carbons (Fsp3) is 0.154. The van der Waals surface area contributed by atoms with Crippen LogP contribution in [0.5, 0.6) is 11.6 Å². The maximum absolute atomic E-state index is 13.9. The minimum Gasteiger partial charge on any atom is -0.436 e. The highest BCUT2D eigenvalue weighted by Crippen LogP contribution is 2.29. The highest BCUT2D eigenvalue weighted by molar-refractivity contribution is 6.30. The first-order valence-corrected chi connectivity index (χ1v) is 6.16. The molecule has 0 N–H and O–H groups in total. The second-order valence-corrected chi connectivity index (χ2v) is 4.44. The van der Waals surface area contributed by atoms with E-state index in [-0.39, 0.29) is 11.8 Å². The largest absolute Gasteiger partial charge is 0.436 e. The lowest BCUT2D eigenvalue weighted by atomic mass is 10.2. The van der Waals surface area contributed by atoms with Gasteiger partial charge in [0.2, 0.25) is 0 Å². The zero-order valence-electron chi connectivity index (χ0n) is 9.58. The Bertz CT molecular complexity index is 575. The van der Waals surface area contributed by atoms with E-state index in [2.05, 4.69) is 4.98 Å². The number of pyridine rings is 1. The second kappa shape index (κ2) is 5.55. The number of nitrogens with zero attached hydrogens (tertiary/aromatic N) is 1. The molecule has 94 valence electrons. The van der Waals surface area contributed by atoms with Gasteiger partial charge in [0.15, 0.2) is 5.82 Å². The predicted octanol–water partition coefficient (Wildman–Crippen LogP) is 4.71. The van der Waals surface area contributed by atoms with Crippen LogP contribution in [0.15, 0.2) is 30.5 Å². The molecule has 0 aliphatic carbocycles. The van der Waals surface area contributed by atoms with E-state index in [1.54, 1.807) is 18.2 Å². The van der Waals surface area contributed by atoms with Gasteiger partial charge in [0.1, 0.15) is 5.75 Å². The van der Waals surface area contributed by atoms with Crippen molar-refractivity contribution in [3.05, 3.63) is 52.4 Å². The third-order valence-electron chi connectivity index (χ3n) is 2.44. The fourth-order valence-corrected chi connectivity index (χ4v) is 1.79. The summed E-state index contributed by atoms with van der Waals surface area (Å²) in [7, 11) is 0. The molecule has 2 nitrogen and oxygen atoms in total. The van der Waals surface area contributed by atoms with Crippen molar-refractivity contribution in [1.82, 2.24) is 4.98 Å². The van der Waals surface area contributed by atoms with Gasteiger partial charge in [-0.1, -0.05) is 17.7 Å². The van der Waals surface area contributed by atoms with Crippen LogP contribution in [0.4, 0.5) is 4.39 Å². The molecule has 0 bridgehead atoms. The maximum atomic E-state index is 13.9. The minimum absolute atomic E-state index is 0.0687. The molecule has 5 heteroatoms. The van der Waals surface area contributed by atoms with E-state index in [9.17, 15) is 4.39 Å². The number of aryl methyl sites for hydroxylation is 1. The van der Waals surface area contributed by atoms with E-state index < -0.39 is 5.82 Å². The van der Waals surface area contributed by atoms with Crippen LogP contribution in [0.1, 0.15) is 11.1 Å². The zero-order valence-corrected chi connectivity index (χ0v) is 11.1. The van der Waals surface area contributed by atoms with E-state index in [1.807, 2.05) is 6.92 Å². The van der Waals surface area contributed by atoms with E-state index in [0.717, 1.165) is 5.56 Å². The van der Waals surface area contributed by atoms with Gasteiger partial charge >= 0.3 is 0 Å². The first-order valence-electron chi connectivity index (χ1n) is 5.25. The van der Waals surface area contributed by atoms with Crippen LogP contribution >= 0.6 is 23.2 Å². The van der Waals surface area contributed by atoms with Crippen molar-refractivity contribution in [2.45, 2.75) is 12.8 Å². The van der Waals surface area contributed by atoms with Crippen LogP contribution in [0.3, 0.4) is 0 Å². The summed E-state index contributed by atoms with van der Waals surface area (Å²) >= 11 is 11.5. The summed E-state index contributed by atoms with van der Waals surface area (Å²) in [6.07, 6.45) is 1.45. The lowest BCUT2D eigenvalue weighted by Crippen LogP contribution is -1.96. The highest BCUT2D eigenvalue weighted by atomic mass is 35.5. The first-order chi connectivity index (χ1) is 8.61.